The van der Waals surface area contributed by atoms with Gasteiger partial charge >= 0.3 is 0 Å². The molecule has 0 fully saturated rings. The van der Waals surface area contributed by atoms with Gasteiger partial charge in [-0.3, -0.25) is 0 Å². The van der Waals surface area contributed by atoms with Gasteiger partial charge in [-0.2, -0.15) is 0 Å². The first-order chi connectivity index (χ1) is 20.3. The molecule has 3 heterocycles. The summed E-state index contributed by atoms with van der Waals surface area (Å²) in [5.74, 6) is 0. The lowest BCUT2D eigenvalue weighted by atomic mass is 9.99. The maximum Gasteiger partial charge on any atom is 0.135 e. The summed E-state index contributed by atoms with van der Waals surface area (Å²) in [5, 5.41) is 4.92. The molecule has 3 heteroatoms. The normalized spacial score (nSPS) is 11.9. The molecule has 0 aliphatic rings. The molecule has 0 N–H and O–H groups in total. The van der Waals surface area contributed by atoms with Gasteiger partial charge in [0.25, 0.3) is 0 Å². The van der Waals surface area contributed by atoms with Crippen molar-refractivity contribution in [3.05, 3.63) is 140 Å². The lowest BCUT2D eigenvalue weighted by molar-refractivity contribution is 0.669. The van der Waals surface area contributed by atoms with E-state index in [-0.39, 0.29) is 0 Å². The van der Waals surface area contributed by atoms with E-state index in [0.717, 1.165) is 21.9 Å². The summed E-state index contributed by atoms with van der Waals surface area (Å²) in [6.45, 7) is 0. The highest BCUT2D eigenvalue weighted by Gasteiger charge is 2.18. The number of benzene rings is 6. The van der Waals surface area contributed by atoms with Gasteiger partial charge in [-0.15, -0.1) is 11.3 Å². The van der Waals surface area contributed by atoms with Gasteiger partial charge in [0, 0.05) is 31.9 Å². The number of thiophene rings is 1. The van der Waals surface area contributed by atoms with Crippen molar-refractivity contribution in [3.8, 4) is 27.9 Å². The largest absolute Gasteiger partial charge is 0.456 e. The predicted molar refractivity (Wildman–Crippen MR) is 174 cm³/mol. The van der Waals surface area contributed by atoms with Crippen molar-refractivity contribution in [2.24, 2.45) is 0 Å². The smallest absolute Gasteiger partial charge is 0.135 e. The summed E-state index contributed by atoms with van der Waals surface area (Å²) >= 11 is 1.89. The lowest BCUT2D eigenvalue weighted by Crippen LogP contribution is -1.92. The summed E-state index contributed by atoms with van der Waals surface area (Å²) in [6, 6.07) is 50.0. The Bertz CT molecular complexity index is 2410. The van der Waals surface area contributed by atoms with Crippen molar-refractivity contribution >= 4 is 64.5 Å². The Morgan fingerprint density at radius 2 is 1.10 bits per heavy atom. The fourth-order valence-corrected chi connectivity index (χ4v) is 7.52. The van der Waals surface area contributed by atoms with Gasteiger partial charge < -0.3 is 8.98 Å². The standard InChI is InChI=1S/C38H23NOS/c1-2-8-28(9-3-1)39-33-12-6-4-11-30(33)38-37(39)31-20-18-27(23-36(31)41-38)25-16-14-24(15-17-25)26-19-21-35-32(22-26)29-10-5-7-13-34(29)40-35/h1-23H. The van der Waals surface area contributed by atoms with Crippen molar-refractivity contribution in [1.29, 1.82) is 0 Å². The molecule has 9 rings (SSSR count). The molecule has 0 saturated heterocycles. The SMILES string of the molecule is c1ccc(-n2c3ccccc3c3sc4cc(-c5ccc(-c6ccc7oc8ccccc8c7c6)cc5)ccc4c32)cc1. The predicted octanol–water partition coefficient (Wildman–Crippen LogP) is 11.2. The maximum absolute atomic E-state index is 6.03. The fourth-order valence-electron chi connectivity index (χ4n) is 6.25. The first kappa shape index (κ1) is 22.7. The topological polar surface area (TPSA) is 18.1 Å². The van der Waals surface area contributed by atoms with Crippen LogP contribution in [0, 0.1) is 0 Å². The van der Waals surface area contributed by atoms with E-state index < -0.39 is 0 Å². The van der Waals surface area contributed by atoms with Crippen LogP contribution in [0.1, 0.15) is 0 Å². The average Bonchev–Trinajstić information content (AvgIpc) is 3.69. The van der Waals surface area contributed by atoms with Crippen LogP contribution >= 0.6 is 11.3 Å². The van der Waals surface area contributed by atoms with E-state index in [9.17, 15) is 0 Å². The first-order valence-corrected chi connectivity index (χ1v) is 14.7. The summed E-state index contributed by atoms with van der Waals surface area (Å²) in [7, 11) is 0. The number of hydrogen-bond acceptors (Lipinski definition) is 2. The highest BCUT2D eigenvalue weighted by molar-refractivity contribution is 7.26. The monoisotopic (exact) mass is 541 g/mol. The zero-order valence-corrected chi connectivity index (χ0v) is 22.9. The second kappa shape index (κ2) is 8.69. The Kier molecular flexibility index (Phi) is 4.80. The molecule has 0 spiro atoms. The number of hydrogen-bond donors (Lipinski definition) is 0. The zero-order chi connectivity index (χ0) is 26.9. The molecule has 192 valence electrons. The molecule has 6 aromatic carbocycles. The van der Waals surface area contributed by atoms with E-state index in [0.29, 0.717) is 0 Å². The summed E-state index contributed by atoms with van der Waals surface area (Å²) in [4.78, 5) is 0. The van der Waals surface area contributed by atoms with Gasteiger partial charge in [-0.05, 0) is 64.7 Å². The van der Waals surface area contributed by atoms with E-state index >= 15 is 0 Å². The van der Waals surface area contributed by atoms with Crippen LogP contribution in [0.25, 0.3) is 81.1 Å². The van der Waals surface area contributed by atoms with E-state index in [1.807, 2.05) is 23.5 Å². The van der Waals surface area contributed by atoms with Crippen LogP contribution in [0.5, 0.6) is 0 Å². The third-order valence-corrected chi connectivity index (χ3v) is 9.39. The van der Waals surface area contributed by atoms with E-state index in [4.69, 9.17) is 4.42 Å². The summed E-state index contributed by atoms with van der Waals surface area (Å²) in [6.07, 6.45) is 0. The molecule has 0 radical (unpaired) electrons. The third kappa shape index (κ3) is 3.43. The van der Waals surface area contributed by atoms with Gasteiger partial charge in [-0.1, -0.05) is 97.1 Å². The third-order valence-electron chi connectivity index (χ3n) is 8.22. The van der Waals surface area contributed by atoms with Crippen LogP contribution in [0.4, 0.5) is 0 Å². The number of para-hydroxylation sites is 3. The molecule has 9 aromatic rings. The highest BCUT2D eigenvalue weighted by Crippen LogP contribution is 2.43. The molecule has 0 amide bonds. The van der Waals surface area contributed by atoms with Crippen LogP contribution in [-0.4, -0.2) is 4.57 Å². The lowest BCUT2D eigenvalue weighted by Gasteiger charge is -2.08. The minimum absolute atomic E-state index is 0.927. The molecule has 3 aromatic heterocycles. The van der Waals surface area contributed by atoms with Crippen LogP contribution in [0.3, 0.4) is 0 Å². The fraction of sp³-hybridized carbons (Fsp3) is 0. The van der Waals surface area contributed by atoms with E-state index in [2.05, 4.69) is 132 Å². The number of fused-ring (bicyclic) bond motifs is 8. The minimum Gasteiger partial charge on any atom is -0.456 e. The first-order valence-electron chi connectivity index (χ1n) is 13.9. The Hall–Kier alpha value is -5.12. The Labute approximate surface area is 240 Å². The average molecular weight is 542 g/mol. The van der Waals surface area contributed by atoms with Crippen LogP contribution < -0.4 is 0 Å². The number of rotatable bonds is 3. The van der Waals surface area contributed by atoms with Gasteiger partial charge in [0.05, 0.1) is 15.7 Å². The molecule has 0 atom stereocenters. The van der Waals surface area contributed by atoms with Crippen molar-refractivity contribution in [1.82, 2.24) is 4.57 Å². The van der Waals surface area contributed by atoms with Gasteiger partial charge in [-0.25, -0.2) is 0 Å². The van der Waals surface area contributed by atoms with Crippen molar-refractivity contribution in [2.75, 3.05) is 0 Å². The quantitative estimate of drug-likeness (QED) is 0.217. The van der Waals surface area contributed by atoms with Crippen LogP contribution in [0.15, 0.2) is 144 Å². The van der Waals surface area contributed by atoms with Gasteiger partial charge in [0.1, 0.15) is 11.2 Å². The van der Waals surface area contributed by atoms with E-state index in [1.165, 1.54) is 59.1 Å². The summed E-state index contributed by atoms with van der Waals surface area (Å²) in [5.41, 5.74) is 10.5. The van der Waals surface area contributed by atoms with Crippen LogP contribution in [0.2, 0.25) is 0 Å². The Balaban J connectivity index is 1.14. The molecular weight excluding hydrogens is 518 g/mol. The molecule has 0 aliphatic heterocycles. The van der Waals surface area contributed by atoms with Crippen molar-refractivity contribution in [2.45, 2.75) is 0 Å². The Morgan fingerprint density at radius 1 is 0.463 bits per heavy atom. The minimum atomic E-state index is 0.927. The number of aromatic nitrogens is 1. The second-order valence-corrected chi connectivity index (χ2v) is 11.6. The molecule has 0 bridgehead atoms. The van der Waals surface area contributed by atoms with Gasteiger partial charge in [0.15, 0.2) is 0 Å². The molecule has 41 heavy (non-hydrogen) atoms. The molecule has 2 nitrogen and oxygen atoms in total. The summed E-state index contributed by atoms with van der Waals surface area (Å²) < 4.78 is 11.1. The molecule has 0 saturated carbocycles. The van der Waals surface area contributed by atoms with Gasteiger partial charge in [0.2, 0.25) is 0 Å². The van der Waals surface area contributed by atoms with Crippen molar-refractivity contribution < 1.29 is 4.42 Å². The molecule has 0 unspecified atom stereocenters. The van der Waals surface area contributed by atoms with Crippen molar-refractivity contribution in [3.63, 3.8) is 0 Å². The van der Waals surface area contributed by atoms with E-state index in [1.54, 1.807) is 0 Å². The molecule has 0 aliphatic carbocycles. The number of nitrogens with zero attached hydrogens (tertiary/aromatic N) is 1. The maximum atomic E-state index is 6.03. The number of furan rings is 1. The second-order valence-electron chi connectivity index (χ2n) is 10.6. The molecular formula is C38H23NOS. The Morgan fingerprint density at radius 3 is 1.93 bits per heavy atom. The van der Waals surface area contributed by atoms with Crippen LogP contribution in [-0.2, 0) is 0 Å². The highest BCUT2D eigenvalue weighted by atomic mass is 32.1. The zero-order valence-electron chi connectivity index (χ0n) is 22.0.